The van der Waals surface area contributed by atoms with E-state index in [0.717, 1.165) is 12.5 Å². The van der Waals surface area contributed by atoms with E-state index < -0.39 is 0 Å². The van der Waals surface area contributed by atoms with Crippen LogP contribution in [0.5, 0.6) is 0 Å². The fourth-order valence-electron chi connectivity index (χ4n) is 1.75. The second-order valence-corrected chi connectivity index (χ2v) is 3.89. The van der Waals surface area contributed by atoms with Crippen LogP contribution in [0.15, 0.2) is 12.3 Å². The van der Waals surface area contributed by atoms with Gasteiger partial charge in [-0.3, -0.25) is 4.68 Å². The van der Waals surface area contributed by atoms with Gasteiger partial charge in [0.2, 0.25) is 0 Å². The van der Waals surface area contributed by atoms with Gasteiger partial charge in [-0.2, -0.15) is 5.10 Å². The zero-order chi connectivity index (χ0) is 9.26. The van der Waals surface area contributed by atoms with Gasteiger partial charge in [0, 0.05) is 17.9 Å². The number of nitrogens with zero attached hydrogens (tertiary/aromatic N) is 2. The summed E-state index contributed by atoms with van der Waals surface area (Å²) < 4.78 is 2.08. The molecule has 3 heteroatoms. The molecule has 0 saturated heterocycles. The first-order valence-electron chi connectivity index (χ1n) is 4.97. The van der Waals surface area contributed by atoms with Gasteiger partial charge in [0.05, 0.1) is 6.54 Å². The molecule has 0 bridgehead atoms. The van der Waals surface area contributed by atoms with Crippen LogP contribution in [0.1, 0.15) is 18.5 Å². The highest BCUT2D eigenvalue weighted by atomic mass is 15.3. The second kappa shape index (κ2) is 3.50. The predicted molar refractivity (Wildman–Crippen MR) is 52.5 cm³/mol. The van der Waals surface area contributed by atoms with Crippen LogP contribution in [-0.2, 0) is 6.54 Å². The highest BCUT2D eigenvalue weighted by molar-refractivity contribution is 4.98. The Kier molecular flexibility index (Phi) is 2.36. The van der Waals surface area contributed by atoms with Crippen LogP contribution >= 0.6 is 0 Å². The Morgan fingerprint density at radius 2 is 2.46 bits per heavy atom. The van der Waals surface area contributed by atoms with Gasteiger partial charge < -0.3 is 5.32 Å². The van der Waals surface area contributed by atoms with Gasteiger partial charge in [0.1, 0.15) is 0 Å². The first-order chi connectivity index (χ1) is 6.31. The van der Waals surface area contributed by atoms with Gasteiger partial charge in [-0.1, -0.05) is 0 Å². The van der Waals surface area contributed by atoms with Crippen molar-refractivity contribution in [3.8, 4) is 0 Å². The summed E-state index contributed by atoms with van der Waals surface area (Å²) in [7, 11) is 2.04. The molecule has 0 radical (unpaired) electrons. The molecular weight excluding hydrogens is 162 g/mol. The Bertz CT molecular complexity index is 275. The highest BCUT2D eigenvalue weighted by Gasteiger charge is 2.30. The average Bonchev–Trinajstić information content (AvgIpc) is 2.88. The maximum atomic E-state index is 4.29. The third-order valence-corrected chi connectivity index (χ3v) is 2.86. The SMILES string of the molecule is CNC(Cn1nccc1C)C1CC1. The molecule has 1 N–H and O–H groups in total. The van der Waals surface area contributed by atoms with E-state index in [1.54, 1.807) is 0 Å². The first-order valence-corrected chi connectivity index (χ1v) is 4.97. The molecular formula is C10H17N3. The van der Waals surface area contributed by atoms with Gasteiger partial charge in [-0.15, -0.1) is 0 Å². The lowest BCUT2D eigenvalue weighted by Gasteiger charge is -2.16. The second-order valence-electron chi connectivity index (χ2n) is 3.89. The Morgan fingerprint density at radius 3 is 2.92 bits per heavy atom. The molecule has 1 heterocycles. The summed E-state index contributed by atoms with van der Waals surface area (Å²) in [4.78, 5) is 0. The molecule has 2 rings (SSSR count). The van der Waals surface area contributed by atoms with E-state index in [9.17, 15) is 0 Å². The number of hydrogen-bond donors (Lipinski definition) is 1. The van der Waals surface area contributed by atoms with Crippen molar-refractivity contribution in [3.63, 3.8) is 0 Å². The van der Waals surface area contributed by atoms with Crippen LogP contribution in [0.2, 0.25) is 0 Å². The van der Waals surface area contributed by atoms with Crippen LogP contribution in [0, 0.1) is 12.8 Å². The predicted octanol–water partition coefficient (Wildman–Crippen LogP) is 1.19. The summed E-state index contributed by atoms with van der Waals surface area (Å²) in [6.45, 7) is 3.12. The molecule has 1 fully saturated rings. The van der Waals surface area contributed by atoms with Crippen LogP contribution in [-0.4, -0.2) is 22.9 Å². The van der Waals surface area contributed by atoms with Crippen LogP contribution < -0.4 is 5.32 Å². The van der Waals surface area contributed by atoms with Crippen molar-refractivity contribution in [2.24, 2.45) is 5.92 Å². The third kappa shape index (κ3) is 1.91. The minimum atomic E-state index is 0.610. The van der Waals surface area contributed by atoms with Gasteiger partial charge >= 0.3 is 0 Å². The summed E-state index contributed by atoms with van der Waals surface area (Å²) in [5.41, 5.74) is 1.25. The quantitative estimate of drug-likeness (QED) is 0.752. The van der Waals surface area contributed by atoms with E-state index in [2.05, 4.69) is 28.1 Å². The summed E-state index contributed by atoms with van der Waals surface area (Å²) in [6.07, 6.45) is 4.63. The zero-order valence-electron chi connectivity index (χ0n) is 8.33. The standard InChI is InChI=1S/C10H17N3/c1-8-5-6-12-13(8)7-10(11-2)9-3-4-9/h5-6,9-11H,3-4,7H2,1-2H3. The fourth-order valence-corrected chi connectivity index (χ4v) is 1.75. The molecule has 0 amide bonds. The van der Waals surface area contributed by atoms with E-state index >= 15 is 0 Å². The molecule has 0 spiro atoms. The summed E-state index contributed by atoms with van der Waals surface area (Å²) in [6, 6.07) is 2.66. The van der Waals surface area contributed by atoms with Gasteiger partial charge in [0.15, 0.2) is 0 Å². The van der Waals surface area contributed by atoms with E-state index in [-0.39, 0.29) is 0 Å². The number of nitrogens with one attached hydrogen (secondary N) is 1. The average molecular weight is 179 g/mol. The smallest absolute Gasteiger partial charge is 0.0568 e. The molecule has 1 aliphatic carbocycles. The van der Waals surface area contributed by atoms with E-state index in [0.29, 0.717) is 6.04 Å². The van der Waals surface area contributed by atoms with Crippen LogP contribution in [0.4, 0.5) is 0 Å². The lowest BCUT2D eigenvalue weighted by Crippen LogP contribution is -2.32. The number of hydrogen-bond acceptors (Lipinski definition) is 2. The van der Waals surface area contributed by atoms with E-state index in [1.165, 1.54) is 18.5 Å². The third-order valence-electron chi connectivity index (χ3n) is 2.86. The molecule has 1 aromatic rings. The van der Waals surface area contributed by atoms with E-state index in [1.807, 2.05) is 13.2 Å². The molecule has 1 unspecified atom stereocenters. The minimum Gasteiger partial charge on any atom is -0.315 e. The normalized spacial score (nSPS) is 18.9. The maximum absolute atomic E-state index is 4.29. The molecule has 13 heavy (non-hydrogen) atoms. The minimum absolute atomic E-state index is 0.610. The van der Waals surface area contributed by atoms with Crippen molar-refractivity contribution in [1.82, 2.24) is 15.1 Å². The van der Waals surface area contributed by atoms with Gasteiger partial charge in [0.25, 0.3) is 0 Å². The Hall–Kier alpha value is -0.830. The van der Waals surface area contributed by atoms with Crippen molar-refractivity contribution in [2.45, 2.75) is 32.4 Å². The summed E-state index contributed by atoms with van der Waals surface area (Å²) in [5, 5.41) is 7.66. The largest absolute Gasteiger partial charge is 0.315 e. The lowest BCUT2D eigenvalue weighted by molar-refractivity contribution is 0.409. The molecule has 1 saturated carbocycles. The fraction of sp³-hybridized carbons (Fsp3) is 0.700. The van der Waals surface area contributed by atoms with Crippen molar-refractivity contribution in [1.29, 1.82) is 0 Å². The van der Waals surface area contributed by atoms with Crippen molar-refractivity contribution >= 4 is 0 Å². The molecule has 0 aliphatic heterocycles. The number of rotatable bonds is 4. The molecule has 1 aromatic heterocycles. The maximum Gasteiger partial charge on any atom is 0.0568 e. The number of aromatic nitrogens is 2. The number of likely N-dealkylation sites (N-methyl/N-ethyl adjacent to an activating group) is 1. The molecule has 1 aliphatic rings. The summed E-state index contributed by atoms with van der Waals surface area (Å²) in [5.74, 6) is 0.883. The Morgan fingerprint density at radius 1 is 1.69 bits per heavy atom. The first kappa shape index (κ1) is 8.75. The Balaban J connectivity index is 1.99. The lowest BCUT2D eigenvalue weighted by atomic mass is 10.2. The van der Waals surface area contributed by atoms with Crippen molar-refractivity contribution in [2.75, 3.05) is 7.05 Å². The Labute approximate surface area is 79.1 Å². The molecule has 0 aromatic carbocycles. The zero-order valence-corrected chi connectivity index (χ0v) is 8.33. The molecule has 72 valence electrons. The monoisotopic (exact) mass is 179 g/mol. The topological polar surface area (TPSA) is 29.9 Å². The molecule has 1 atom stereocenters. The van der Waals surface area contributed by atoms with Crippen LogP contribution in [0.3, 0.4) is 0 Å². The van der Waals surface area contributed by atoms with Crippen molar-refractivity contribution in [3.05, 3.63) is 18.0 Å². The molecule has 3 nitrogen and oxygen atoms in total. The highest BCUT2D eigenvalue weighted by Crippen LogP contribution is 2.33. The van der Waals surface area contributed by atoms with Crippen LogP contribution in [0.25, 0.3) is 0 Å². The number of aryl methyl sites for hydroxylation is 1. The summed E-state index contributed by atoms with van der Waals surface area (Å²) >= 11 is 0. The van der Waals surface area contributed by atoms with E-state index in [4.69, 9.17) is 0 Å². The van der Waals surface area contributed by atoms with Crippen molar-refractivity contribution < 1.29 is 0 Å². The van der Waals surface area contributed by atoms with Gasteiger partial charge in [-0.05, 0) is 38.8 Å². The van der Waals surface area contributed by atoms with Gasteiger partial charge in [-0.25, -0.2) is 0 Å².